The average molecular weight is 293 g/mol. The normalized spacial score (nSPS) is 12.7. The van der Waals surface area contributed by atoms with Gasteiger partial charge in [0.1, 0.15) is 11.9 Å². The zero-order valence-electron chi connectivity index (χ0n) is 14.2. The summed E-state index contributed by atoms with van der Waals surface area (Å²) in [6, 6.07) is 6.49. The third-order valence-corrected chi connectivity index (χ3v) is 3.36. The van der Waals surface area contributed by atoms with Crippen LogP contribution in [-0.4, -0.2) is 32.4 Å². The van der Waals surface area contributed by atoms with Crippen molar-refractivity contribution in [2.75, 3.05) is 26.3 Å². The number of ether oxygens (including phenoxy) is 2. The molecule has 1 aromatic rings. The molecule has 0 saturated heterocycles. The molecule has 1 unspecified atom stereocenters. The van der Waals surface area contributed by atoms with Gasteiger partial charge in [-0.25, -0.2) is 0 Å². The van der Waals surface area contributed by atoms with Gasteiger partial charge in [0.15, 0.2) is 0 Å². The molecule has 1 rings (SSSR count). The number of hydrogen-bond donors (Lipinski definition) is 1. The van der Waals surface area contributed by atoms with Crippen molar-refractivity contribution in [2.24, 2.45) is 0 Å². The van der Waals surface area contributed by atoms with Gasteiger partial charge in [0.05, 0.1) is 0 Å². The Bertz CT molecular complexity index is 404. The Hall–Kier alpha value is -1.06. The van der Waals surface area contributed by atoms with Crippen LogP contribution in [0.4, 0.5) is 0 Å². The highest BCUT2D eigenvalue weighted by atomic mass is 16.5. The van der Waals surface area contributed by atoms with E-state index in [-0.39, 0.29) is 6.10 Å². The molecule has 0 amide bonds. The summed E-state index contributed by atoms with van der Waals surface area (Å²) in [4.78, 5) is 0. The second kappa shape index (κ2) is 9.80. The highest BCUT2D eigenvalue weighted by Gasteiger charge is 2.07. The summed E-state index contributed by atoms with van der Waals surface area (Å²) in [6.07, 6.45) is 1.21. The molecule has 0 fully saturated rings. The molecule has 1 atom stereocenters. The molecular formula is C18H31NO2. The van der Waals surface area contributed by atoms with Gasteiger partial charge < -0.3 is 14.8 Å². The minimum absolute atomic E-state index is 0.166. The van der Waals surface area contributed by atoms with E-state index in [0.29, 0.717) is 5.92 Å². The van der Waals surface area contributed by atoms with Gasteiger partial charge in [-0.05, 0) is 62.9 Å². The van der Waals surface area contributed by atoms with Crippen molar-refractivity contribution in [2.45, 2.75) is 53.1 Å². The molecule has 0 saturated carbocycles. The van der Waals surface area contributed by atoms with Gasteiger partial charge >= 0.3 is 0 Å². The molecule has 0 radical (unpaired) electrons. The Morgan fingerprint density at radius 3 is 2.57 bits per heavy atom. The van der Waals surface area contributed by atoms with Crippen molar-refractivity contribution in [3.05, 3.63) is 29.3 Å². The van der Waals surface area contributed by atoms with Crippen molar-refractivity contribution < 1.29 is 9.47 Å². The van der Waals surface area contributed by atoms with Crippen molar-refractivity contribution in [1.29, 1.82) is 0 Å². The maximum absolute atomic E-state index is 6.02. The lowest BCUT2D eigenvalue weighted by Crippen LogP contribution is -2.30. The molecule has 21 heavy (non-hydrogen) atoms. The molecule has 0 aliphatic heterocycles. The summed E-state index contributed by atoms with van der Waals surface area (Å²) < 4.78 is 11.3. The third-order valence-electron chi connectivity index (χ3n) is 3.36. The zero-order chi connectivity index (χ0) is 15.7. The van der Waals surface area contributed by atoms with E-state index in [4.69, 9.17) is 9.47 Å². The minimum atomic E-state index is 0.166. The smallest absolute Gasteiger partial charge is 0.120 e. The van der Waals surface area contributed by atoms with Crippen molar-refractivity contribution in [3.63, 3.8) is 0 Å². The number of nitrogens with one attached hydrogen (secondary N) is 1. The first-order chi connectivity index (χ1) is 10.0. The SMILES string of the molecule is CCOCCCNCC(C)Oc1cc(C)cc(C(C)C)c1. The van der Waals surface area contributed by atoms with Crippen molar-refractivity contribution >= 4 is 0 Å². The first-order valence-corrected chi connectivity index (χ1v) is 8.09. The van der Waals surface area contributed by atoms with Crippen LogP contribution in [0.2, 0.25) is 0 Å². The van der Waals surface area contributed by atoms with Crippen LogP contribution >= 0.6 is 0 Å². The summed E-state index contributed by atoms with van der Waals surface area (Å²) in [5, 5.41) is 3.41. The molecule has 0 aromatic heterocycles. The van der Waals surface area contributed by atoms with E-state index in [1.54, 1.807) is 0 Å². The molecule has 0 spiro atoms. The van der Waals surface area contributed by atoms with Gasteiger partial charge in [-0.3, -0.25) is 0 Å². The van der Waals surface area contributed by atoms with Crippen LogP contribution in [0.1, 0.15) is 51.2 Å². The van der Waals surface area contributed by atoms with Crippen LogP contribution in [0.5, 0.6) is 5.75 Å². The maximum Gasteiger partial charge on any atom is 0.120 e. The molecule has 120 valence electrons. The summed E-state index contributed by atoms with van der Waals surface area (Å²) in [5.41, 5.74) is 2.59. The third kappa shape index (κ3) is 7.49. The summed E-state index contributed by atoms with van der Waals surface area (Å²) in [5.74, 6) is 1.50. The van der Waals surface area contributed by atoms with Crippen molar-refractivity contribution in [1.82, 2.24) is 5.32 Å². The molecule has 3 heteroatoms. The second-order valence-electron chi connectivity index (χ2n) is 5.92. The highest BCUT2D eigenvalue weighted by Crippen LogP contribution is 2.23. The Morgan fingerprint density at radius 2 is 1.90 bits per heavy atom. The summed E-state index contributed by atoms with van der Waals surface area (Å²) in [7, 11) is 0. The van der Waals surface area contributed by atoms with E-state index in [1.807, 2.05) is 6.92 Å². The van der Waals surface area contributed by atoms with Crippen LogP contribution in [0.15, 0.2) is 18.2 Å². The molecule has 0 aliphatic rings. The predicted octanol–water partition coefficient (Wildman–Crippen LogP) is 3.90. The first-order valence-electron chi connectivity index (χ1n) is 8.09. The lowest BCUT2D eigenvalue weighted by Gasteiger charge is -2.17. The molecule has 3 nitrogen and oxygen atoms in total. The van der Waals surface area contributed by atoms with Gasteiger partial charge in [0, 0.05) is 19.8 Å². The van der Waals surface area contributed by atoms with E-state index < -0.39 is 0 Å². The number of hydrogen-bond acceptors (Lipinski definition) is 3. The van der Waals surface area contributed by atoms with Gasteiger partial charge in [-0.2, -0.15) is 0 Å². The fraction of sp³-hybridized carbons (Fsp3) is 0.667. The van der Waals surface area contributed by atoms with E-state index in [0.717, 1.165) is 38.5 Å². The Morgan fingerprint density at radius 1 is 1.14 bits per heavy atom. The average Bonchev–Trinajstić information content (AvgIpc) is 2.42. The molecule has 0 heterocycles. The zero-order valence-corrected chi connectivity index (χ0v) is 14.2. The molecule has 0 aliphatic carbocycles. The summed E-state index contributed by atoms with van der Waals surface area (Å²) >= 11 is 0. The highest BCUT2D eigenvalue weighted by molar-refractivity contribution is 5.35. The van der Waals surface area contributed by atoms with Gasteiger partial charge in [-0.1, -0.05) is 19.9 Å². The van der Waals surface area contributed by atoms with Gasteiger partial charge in [-0.15, -0.1) is 0 Å². The van der Waals surface area contributed by atoms with Crippen LogP contribution in [-0.2, 0) is 4.74 Å². The van der Waals surface area contributed by atoms with E-state index >= 15 is 0 Å². The van der Waals surface area contributed by atoms with Crippen LogP contribution in [0.25, 0.3) is 0 Å². The molecular weight excluding hydrogens is 262 g/mol. The van der Waals surface area contributed by atoms with E-state index in [2.05, 4.69) is 51.2 Å². The lowest BCUT2D eigenvalue weighted by molar-refractivity contribution is 0.143. The number of aryl methyl sites for hydroxylation is 1. The standard InChI is InChI=1S/C18H31NO2/c1-6-20-9-7-8-19-13-16(5)21-18-11-15(4)10-17(12-18)14(2)3/h10-12,14,16,19H,6-9,13H2,1-5H3. The van der Waals surface area contributed by atoms with Crippen LogP contribution in [0, 0.1) is 6.92 Å². The van der Waals surface area contributed by atoms with Crippen LogP contribution in [0.3, 0.4) is 0 Å². The number of rotatable bonds is 10. The number of benzene rings is 1. The maximum atomic E-state index is 6.02. The lowest BCUT2D eigenvalue weighted by atomic mass is 10.0. The fourth-order valence-electron chi connectivity index (χ4n) is 2.20. The van der Waals surface area contributed by atoms with Gasteiger partial charge in [0.2, 0.25) is 0 Å². The monoisotopic (exact) mass is 293 g/mol. The Labute approximate surface area is 130 Å². The topological polar surface area (TPSA) is 30.5 Å². The van der Waals surface area contributed by atoms with E-state index in [1.165, 1.54) is 11.1 Å². The predicted molar refractivity (Wildman–Crippen MR) is 89.3 cm³/mol. The minimum Gasteiger partial charge on any atom is -0.489 e. The van der Waals surface area contributed by atoms with E-state index in [9.17, 15) is 0 Å². The van der Waals surface area contributed by atoms with Gasteiger partial charge in [0.25, 0.3) is 0 Å². The van der Waals surface area contributed by atoms with Crippen molar-refractivity contribution in [3.8, 4) is 5.75 Å². The van der Waals surface area contributed by atoms with Crippen LogP contribution < -0.4 is 10.1 Å². The summed E-state index contributed by atoms with van der Waals surface area (Å²) in [6.45, 7) is 14.1. The quantitative estimate of drug-likeness (QED) is 0.664. The first kappa shape index (κ1) is 18.0. The molecule has 0 bridgehead atoms. The largest absolute Gasteiger partial charge is 0.489 e. The Balaban J connectivity index is 2.35. The molecule has 1 N–H and O–H groups in total. The fourth-order valence-corrected chi connectivity index (χ4v) is 2.20. The molecule has 1 aromatic carbocycles. The second-order valence-corrected chi connectivity index (χ2v) is 5.92. The Kier molecular flexibility index (Phi) is 8.40.